The van der Waals surface area contributed by atoms with Crippen LogP contribution in [0.15, 0.2) is 66.7 Å². The van der Waals surface area contributed by atoms with Crippen molar-refractivity contribution in [2.45, 2.75) is 45.9 Å². The lowest BCUT2D eigenvalue weighted by Crippen LogP contribution is -2.26. The number of halogens is 2. The molecular weight excluding hydrogens is 429 g/mol. The molecule has 3 rings (SSSR count). The van der Waals surface area contributed by atoms with Crippen LogP contribution < -0.4 is 14.8 Å². The van der Waals surface area contributed by atoms with Crippen molar-refractivity contribution in [3.05, 3.63) is 93.5 Å². The molecule has 0 amide bonds. The molecule has 0 spiro atoms. The van der Waals surface area contributed by atoms with Gasteiger partial charge in [-0.05, 0) is 50.5 Å². The Kier molecular flexibility index (Phi) is 9.08. The van der Waals surface area contributed by atoms with Gasteiger partial charge in [0, 0.05) is 33.8 Å². The Bertz CT molecular complexity index is 963. The molecule has 0 aliphatic rings. The number of para-hydroxylation sites is 1. The van der Waals surface area contributed by atoms with E-state index in [0.29, 0.717) is 35.8 Å². The molecule has 3 aromatic rings. The van der Waals surface area contributed by atoms with Crippen LogP contribution in [0.1, 0.15) is 37.0 Å². The van der Waals surface area contributed by atoms with E-state index >= 15 is 0 Å². The summed E-state index contributed by atoms with van der Waals surface area (Å²) in [4.78, 5) is 0. The van der Waals surface area contributed by atoms with Crippen molar-refractivity contribution >= 4 is 23.2 Å². The number of hydrogen-bond donors (Lipinski definition) is 1. The van der Waals surface area contributed by atoms with Crippen molar-refractivity contribution in [2.24, 2.45) is 0 Å². The molecule has 0 fully saturated rings. The maximum atomic E-state index is 6.32. The van der Waals surface area contributed by atoms with Gasteiger partial charge in [-0.15, -0.1) is 0 Å². The Morgan fingerprint density at radius 2 is 1.71 bits per heavy atom. The number of hydrogen-bond acceptors (Lipinski definition) is 3. The molecule has 164 valence electrons. The maximum Gasteiger partial charge on any atom is 0.166 e. The van der Waals surface area contributed by atoms with Gasteiger partial charge < -0.3 is 14.8 Å². The first-order valence-electron chi connectivity index (χ1n) is 10.7. The highest BCUT2D eigenvalue weighted by Gasteiger charge is 2.13. The number of aryl methyl sites for hydroxylation is 1. The summed E-state index contributed by atoms with van der Waals surface area (Å²) in [5, 5.41) is 4.82. The zero-order chi connectivity index (χ0) is 22.1. The van der Waals surface area contributed by atoms with Gasteiger partial charge in [0.15, 0.2) is 11.5 Å². The standard InChI is InChI=1S/C26H29Cl2NO2/c1-3-30-25-11-7-10-21(17-29-19(2)12-13-20-8-5-4-6-9-20)26(25)31-18-22-14-15-23(27)16-24(22)28/h4-11,14-16,19,29H,3,12-13,17-18H2,1-2H3. The quantitative estimate of drug-likeness (QED) is 0.333. The largest absolute Gasteiger partial charge is 0.490 e. The van der Waals surface area contributed by atoms with E-state index in [2.05, 4.69) is 48.6 Å². The summed E-state index contributed by atoms with van der Waals surface area (Å²) in [6, 6.07) is 22.4. The van der Waals surface area contributed by atoms with Crippen LogP contribution in [0.5, 0.6) is 11.5 Å². The molecule has 1 N–H and O–H groups in total. The van der Waals surface area contributed by atoms with Gasteiger partial charge in [0.25, 0.3) is 0 Å². The van der Waals surface area contributed by atoms with E-state index in [1.807, 2.05) is 31.2 Å². The van der Waals surface area contributed by atoms with Crippen molar-refractivity contribution in [3.63, 3.8) is 0 Å². The van der Waals surface area contributed by atoms with Crippen LogP contribution in [-0.4, -0.2) is 12.6 Å². The fraction of sp³-hybridized carbons (Fsp3) is 0.308. The molecule has 0 radical (unpaired) electrons. The van der Waals surface area contributed by atoms with Crippen LogP contribution in [0.4, 0.5) is 0 Å². The van der Waals surface area contributed by atoms with Crippen molar-refractivity contribution in [1.82, 2.24) is 5.32 Å². The highest BCUT2D eigenvalue weighted by Crippen LogP contribution is 2.33. The summed E-state index contributed by atoms with van der Waals surface area (Å²) in [6.45, 7) is 5.79. The fourth-order valence-electron chi connectivity index (χ4n) is 3.34. The minimum absolute atomic E-state index is 0.344. The Morgan fingerprint density at radius 1 is 0.903 bits per heavy atom. The molecule has 3 nitrogen and oxygen atoms in total. The summed E-state index contributed by atoms with van der Waals surface area (Å²) in [5.41, 5.74) is 3.30. The lowest BCUT2D eigenvalue weighted by atomic mass is 10.1. The Labute approximate surface area is 195 Å². The van der Waals surface area contributed by atoms with E-state index in [1.165, 1.54) is 5.56 Å². The topological polar surface area (TPSA) is 30.5 Å². The summed E-state index contributed by atoms with van der Waals surface area (Å²) in [6.07, 6.45) is 2.11. The smallest absolute Gasteiger partial charge is 0.166 e. The van der Waals surface area contributed by atoms with Crippen LogP contribution in [-0.2, 0) is 19.6 Å². The predicted molar refractivity (Wildman–Crippen MR) is 129 cm³/mol. The first kappa shape index (κ1) is 23.5. The van der Waals surface area contributed by atoms with Crippen LogP contribution in [0, 0.1) is 0 Å². The molecule has 5 heteroatoms. The highest BCUT2D eigenvalue weighted by molar-refractivity contribution is 6.35. The number of nitrogens with one attached hydrogen (secondary N) is 1. The van der Waals surface area contributed by atoms with Crippen LogP contribution in [0.3, 0.4) is 0 Å². The summed E-state index contributed by atoms with van der Waals surface area (Å²) in [7, 11) is 0. The van der Waals surface area contributed by atoms with Gasteiger partial charge >= 0.3 is 0 Å². The van der Waals surface area contributed by atoms with Gasteiger partial charge in [0.1, 0.15) is 6.61 Å². The van der Waals surface area contributed by atoms with E-state index in [-0.39, 0.29) is 0 Å². The van der Waals surface area contributed by atoms with Gasteiger partial charge in [0.05, 0.1) is 6.61 Å². The van der Waals surface area contributed by atoms with E-state index < -0.39 is 0 Å². The van der Waals surface area contributed by atoms with Crippen LogP contribution >= 0.6 is 23.2 Å². The van der Waals surface area contributed by atoms with Crippen molar-refractivity contribution < 1.29 is 9.47 Å². The third-order valence-corrected chi connectivity index (χ3v) is 5.68. The first-order chi connectivity index (χ1) is 15.1. The van der Waals surface area contributed by atoms with Crippen LogP contribution in [0.2, 0.25) is 10.0 Å². The molecule has 0 aliphatic carbocycles. The van der Waals surface area contributed by atoms with Crippen molar-refractivity contribution in [2.75, 3.05) is 6.61 Å². The number of rotatable bonds is 11. The predicted octanol–water partition coefficient (Wildman–Crippen LogP) is 7.08. The van der Waals surface area contributed by atoms with E-state index in [1.54, 1.807) is 6.07 Å². The average molecular weight is 458 g/mol. The first-order valence-corrected chi connectivity index (χ1v) is 11.4. The Balaban J connectivity index is 1.65. The fourth-order valence-corrected chi connectivity index (χ4v) is 3.80. The van der Waals surface area contributed by atoms with Gasteiger partial charge in [-0.25, -0.2) is 0 Å². The third kappa shape index (κ3) is 7.17. The van der Waals surface area contributed by atoms with Crippen LogP contribution in [0.25, 0.3) is 0 Å². The zero-order valence-corrected chi connectivity index (χ0v) is 19.5. The number of ether oxygens (including phenoxy) is 2. The summed E-state index contributed by atoms with van der Waals surface area (Å²) < 4.78 is 12.0. The number of benzene rings is 3. The molecule has 31 heavy (non-hydrogen) atoms. The minimum atomic E-state index is 0.344. The second-order valence-corrected chi connectivity index (χ2v) is 8.35. The highest BCUT2D eigenvalue weighted by atomic mass is 35.5. The van der Waals surface area contributed by atoms with E-state index in [0.717, 1.165) is 35.5 Å². The molecule has 3 aromatic carbocycles. The molecule has 0 heterocycles. The average Bonchev–Trinajstić information content (AvgIpc) is 2.77. The van der Waals surface area contributed by atoms with Gasteiger partial charge in [0.2, 0.25) is 0 Å². The molecular formula is C26H29Cl2NO2. The lowest BCUT2D eigenvalue weighted by molar-refractivity contribution is 0.265. The third-order valence-electron chi connectivity index (χ3n) is 5.10. The SMILES string of the molecule is CCOc1cccc(CNC(C)CCc2ccccc2)c1OCc1ccc(Cl)cc1Cl. The van der Waals surface area contributed by atoms with Crippen molar-refractivity contribution in [1.29, 1.82) is 0 Å². The minimum Gasteiger partial charge on any atom is -0.490 e. The molecule has 1 atom stereocenters. The Hall–Kier alpha value is -2.20. The molecule has 0 aliphatic heterocycles. The molecule has 0 bridgehead atoms. The van der Waals surface area contributed by atoms with E-state index in [4.69, 9.17) is 32.7 Å². The molecule has 1 unspecified atom stereocenters. The van der Waals surface area contributed by atoms with Gasteiger partial charge in [-0.1, -0.05) is 71.7 Å². The second kappa shape index (κ2) is 12.0. The summed E-state index contributed by atoms with van der Waals surface area (Å²) >= 11 is 12.3. The van der Waals surface area contributed by atoms with Crippen molar-refractivity contribution in [3.8, 4) is 11.5 Å². The maximum absolute atomic E-state index is 6.32. The molecule has 0 saturated heterocycles. The molecule has 0 aromatic heterocycles. The monoisotopic (exact) mass is 457 g/mol. The lowest BCUT2D eigenvalue weighted by Gasteiger charge is -2.19. The second-order valence-electron chi connectivity index (χ2n) is 7.51. The summed E-state index contributed by atoms with van der Waals surface area (Å²) in [5.74, 6) is 1.49. The molecule has 0 saturated carbocycles. The van der Waals surface area contributed by atoms with E-state index in [9.17, 15) is 0 Å². The van der Waals surface area contributed by atoms with Gasteiger partial charge in [-0.2, -0.15) is 0 Å². The Morgan fingerprint density at radius 3 is 2.45 bits per heavy atom. The van der Waals surface area contributed by atoms with Gasteiger partial charge in [-0.3, -0.25) is 0 Å². The normalized spacial score (nSPS) is 11.9. The zero-order valence-electron chi connectivity index (χ0n) is 18.0.